The SMILES string of the molecule is COc1cc(/C=N\Nc2nc(C)cc(=O)[nH]2)ccc1OCC(C)C. The van der Waals surface area contributed by atoms with Crippen LogP contribution in [0.5, 0.6) is 11.5 Å². The van der Waals surface area contributed by atoms with E-state index in [4.69, 9.17) is 9.47 Å². The zero-order valence-corrected chi connectivity index (χ0v) is 14.3. The highest BCUT2D eigenvalue weighted by molar-refractivity contribution is 5.81. The molecule has 7 heteroatoms. The van der Waals surface area contributed by atoms with Gasteiger partial charge in [0.05, 0.1) is 19.9 Å². The third-order valence-electron chi connectivity index (χ3n) is 3.01. The minimum atomic E-state index is -0.228. The van der Waals surface area contributed by atoms with Gasteiger partial charge in [-0.3, -0.25) is 9.78 Å². The first-order valence-electron chi connectivity index (χ1n) is 7.66. The summed E-state index contributed by atoms with van der Waals surface area (Å²) in [6.07, 6.45) is 1.61. The van der Waals surface area contributed by atoms with Crippen LogP contribution in [-0.2, 0) is 0 Å². The molecule has 1 aromatic heterocycles. The summed E-state index contributed by atoms with van der Waals surface area (Å²) in [6.45, 7) is 6.54. The van der Waals surface area contributed by atoms with Gasteiger partial charge in [0.15, 0.2) is 11.5 Å². The molecule has 24 heavy (non-hydrogen) atoms. The second kappa shape index (κ2) is 8.14. The van der Waals surface area contributed by atoms with Crippen LogP contribution in [0.15, 0.2) is 34.2 Å². The predicted octanol–water partition coefficient (Wildman–Crippen LogP) is 2.57. The van der Waals surface area contributed by atoms with Crippen LogP contribution < -0.4 is 20.5 Å². The number of nitrogens with zero attached hydrogens (tertiary/aromatic N) is 2. The molecule has 0 saturated heterocycles. The molecule has 0 spiro atoms. The zero-order chi connectivity index (χ0) is 17.5. The van der Waals surface area contributed by atoms with Gasteiger partial charge in [-0.25, -0.2) is 10.4 Å². The van der Waals surface area contributed by atoms with E-state index in [1.807, 2.05) is 18.2 Å². The van der Waals surface area contributed by atoms with Crippen molar-refractivity contribution in [3.8, 4) is 11.5 Å². The Morgan fingerprint density at radius 1 is 1.33 bits per heavy atom. The number of hydrazone groups is 1. The summed E-state index contributed by atoms with van der Waals surface area (Å²) in [4.78, 5) is 18.0. The molecule has 0 radical (unpaired) electrons. The van der Waals surface area contributed by atoms with E-state index in [2.05, 4.69) is 34.3 Å². The lowest BCUT2D eigenvalue weighted by Gasteiger charge is -2.12. The summed E-state index contributed by atoms with van der Waals surface area (Å²) in [7, 11) is 1.60. The molecule has 0 atom stereocenters. The van der Waals surface area contributed by atoms with E-state index in [0.29, 0.717) is 35.7 Å². The van der Waals surface area contributed by atoms with Crippen molar-refractivity contribution in [1.82, 2.24) is 9.97 Å². The Labute approximate surface area is 140 Å². The van der Waals surface area contributed by atoms with E-state index in [1.165, 1.54) is 6.07 Å². The van der Waals surface area contributed by atoms with Crippen molar-refractivity contribution in [3.63, 3.8) is 0 Å². The lowest BCUT2D eigenvalue weighted by molar-refractivity contribution is 0.257. The molecule has 0 unspecified atom stereocenters. The fraction of sp³-hybridized carbons (Fsp3) is 0.353. The molecular weight excluding hydrogens is 308 g/mol. The lowest BCUT2D eigenvalue weighted by atomic mass is 10.2. The molecule has 0 aliphatic rings. The predicted molar refractivity (Wildman–Crippen MR) is 94.1 cm³/mol. The maximum Gasteiger partial charge on any atom is 0.252 e. The first kappa shape index (κ1) is 17.5. The molecule has 1 aromatic carbocycles. The molecule has 0 fully saturated rings. The standard InChI is InChI=1S/C17H22N4O3/c1-11(2)10-24-14-6-5-13(8-15(14)23-4)9-18-21-17-19-12(3)7-16(22)20-17/h5-9,11H,10H2,1-4H3,(H2,19,20,21,22)/b18-9-. The average Bonchev–Trinajstić information content (AvgIpc) is 2.52. The number of H-pyrrole nitrogens is 1. The first-order valence-corrected chi connectivity index (χ1v) is 7.66. The Morgan fingerprint density at radius 2 is 2.12 bits per heavy atom. The van der Waals surface area contributed by atoms with Gasteiger partial charge in [0.1, 0.15) is 0 Å². The van der Waals surface area contributed by atoms with Crippen LogP contribution in [0.25, 0.3) is 0 Å². The molecule has 2 rings (SSSR count). The van der Waals surface area contributed by atoms with Gasteiger partial charge >= 0.3 is 0 Å². The van der Waals surface area contributed by atoms with Crippen molar-refractivity contribution in [2.75, 3.05) is 19.1 Å². The van der Waals surface area contributed by atoms with Crippen molar-refractivity contribution in [2.24, 2.45) is 11.0 Å². The van der Waals surface area contributed by atoms with Crippen LogP contribution in [-0.4, -0.2) is 29.9 Å². The number of anilines is 1. The van der Waals surface area contributed by atoms with Crippen molar-refractivity contribution < 1.29 is 9.47 Å². The molecule has 0 aliphatic heterocycles. The van der Waals surface area contributed by atoms with Gasteiger partial charge in [0, 0.05) is 11.8 Å². The van der Waals surface area contributed by atoms with Gasteiger partial charge in [0.2, 0.25) is 5.95 Å². The molecule has 0 amide bonds. The Hall–Kier alpha value is -2.83. The maximum absolute atomic E-state index is 11.4. The van der Waals surface area contributed by atoms with E-state index in [1.54, 1.807) is 20.2 Å². The quantitative estimate of drug-likeness (QED) is 0.602. The normalized spacial score (nSPS) is 11.0. The molecule has 128 valence electrons. The van der Waals surface area contributed by atoms with Crippen LogP contribution >= 0.6 is 0 Å². The number of hydrogen-bond donors (Lipinski definition) is 2. The summed E-state index contributed by atoms with van der Waals surface area (Å²) in [6, 6.07) is 6.95. The van der Waals surface area contributed by atoms with Crippen molar-refractivity contribution in [2.45, 2.75) is 20.8 Å². The molecule has 0 saturated carbocycles. The molecule has 7 nitrogen and oxygen atoms in total. The smallest absolute Gasteiger partial charge is 0.252 e. The molecule has 0 bridgehead atoms. The topological polar surface area (TPSA) is 88.6 Å². The number of hydrogen-bond acceptors (Lipinski definition) is 6. The minimum Gasteiger partial charge on any atom is -0.493 e. The lowest BCUT2D eigenvalue weighted by Crippen LogP contribution is -2.10. The van der Waals surface area contributed by atoms with E-state index in [0.717, 1.165) is 5.56 Å². The number of rotatable bonds is 7. The second-order valence-corrected chi connectivity index (χ2v) is 5.72. The number of aromatic amines is 1. The van der Waals surface area contributed by atoms with Gasteiger partial charge in [-0.15, -0.1) is 0 Å². The third kappa shape index (κ3) is 5.12. The van der Waals surface area contributed by atoms with Gasteiger partial charge in [-0.1, -0.05) is 13.8 Å². The maximum atomic E-state index is 11.4. The van der Waals surface area contributed by atoms with Crippen LogP contribution in [0, 0.1) is 12.8 Å². The highest BCUT2D eigenvalue weighted by atomic mass is 16.5. The Bertz CT molecular complexity index is 769. The number of aromatic nitrogens is 2. The van der Waals surface area contributed by atoms with E-state index in [-0.39, 0.29) is 5.56 Å². The first-order chi connectivity index (χ1) is 11.5. The summed E-state index contributed by atoms with van der Waals surface area (Å²) in [5.74, 6) is 2.06. The minimum absolute atomic E-state index is 0.228. The summed E-state index contributed by atoms with van der Waals surface area (Å²) in [5, 5.41) is 4.07. The average molecular weight is 330 g/mol. The van der Waals surface area contributed by atoms with Crippen LogP contribution in [0.2, 0.25) is 0 Å². The largest absolute Gasteiger partial charge is 0.493 e. The van der Waals surface area contributed by atoms with E-state index in [9.17, 15) is 4.79 Å². The highest BCUT2D eigenvalue weighted by Crippen LogP contribution is 2.27. The van der Waals surface area contributed by atoms with Crippen molar-refractivity contribution in [1.29, 1.82) is 0 Å². The summed E-state index contributed by atoms with van der Waals surface area (Å²) < 4.78 is 11.1. The van der Waals surface area contributed by atoms with Gasteiger partial charge in [-0.2, -0.15) is 5.10 Å². The second-order valence-electron chi connectivity index (χ2n) is 5.72. The molecule has 0 aliphatic carbocycles. The number of aryl methyl sites for hydroxylation is 1. The van der Waals surface area contributed by atoms with Crippen molar-refractivity contribution >= 4 is 12.2 Å². The fourth-order valence-electron chi connectivity index (χ4n) is 1.94. The molecule has 2 aromatic rings. The van der Waals surface area contributed by atoms with Crippen molar-refractivity contribution in [3.05, 3.63) is 45.9 Å². The van der Waals surface area contributed by atoms with E-state index >= 15 is 0 Å². The monoisotopic (exact) mass is 330 g/mol. The third-order valence-corrected chi connectivity index (χ3v) is 3.01. The number of ether oxygens (including phenoxy) is 2. The zero-order valence-electron chi connectivity index (χ0n) is 14.3. The summed E-state index contributed by atoms with van der Waals surface area (Å²) in [5.41, 5.74) is 3.91. The molecule has 2 N–H and O–H groups in total. The van der Waals surface area contributed by atoms with E-state index < -0.39 is 0 Å². The number of nitrogens with one attached hydrogen (secondary N) is 2. The van der Waals surface area contributed by atoms with Gasteiger partial charge in [0.25, 0.3) is 5.56 Å². The van der Waals surface area contributed by atoms with Gasteiger partial charge < -0.3 is 9.47 Å². The Balaban J connectivity index is 2.07. The fourth-order valence-corrected chi connectivity index (χ4v) is 1.94. The highest BCUT2D eigenvalue weighted by Gasteiger charge is 2.06. The van der Waals surface area contributed by atoms with Crippen LogP contribution in [0.3, 0.4) is 0 Å². The number of benzene rings is 1. The Morgan fingerprint density at radius 3 is 2.79 bits per heavy atom. The number of methoxy groups -OCH3 is 1. The summed E-state index contributed by atoms with van der Waals surface area (Å²) >= 11 is 0. The van der Waals surface area contributed by atoms with Crippen LogP contribution in [0.1, 0.15) is 25.1 Å². The Kier molecular flexibility index (Phi) is 5.95. The molecular formula is C17H22N4O3. The van der Waals surface area contributed by atoms with Crippen LogP contribution in [0.4, 0.5) is 5.95 Å². The molecule has 1 heterocycles. The van der Waals surface area contributed by atoms with Gasteiger partial charge in [-0.05, 0) is 36.6 Å².